The van der Waals surface area contributed by atoms with Gasteiger partial charge in [-0.25, -0.2) is 19.2 Å². The van der Waals surface area contributed by atoms with E-state index in [0.717, 1.165) is 72.8 Å². The van der Waals surface area contributed by atoms with Crippen molar-refractivity contribution in [2.24, 2.45) is 20.5 Å². The minimum atomic E-state index is -5.11. The summed E-state index contributed by atoms with van der Waals surface area (Å²) in [5, 5.41) is 91.9. The number of rotatable bonds is 22. The molecule has 0 aliphatic rings. The van der Waals surface area contributed by atoms with Crippen LogP contribution >= 0.6 is 21.7 Å². The third-order valence-electron chi connectivity index (χ3n) is 12.4. The van der Waals surface area contributed by atoms with Crippen LogP contribution in [0.2, 0.25) is 0 Å². The molecule has 0 radical (unpaired) electrons. The summed E-state index contributed by atoms with van der Waals surface area (Å²) in [6.45, 7) is 0. The Balaban J connectivity index is 1.03. The molecular weight excluding hydrogens is 1300 g/mol. The quantitative estimate of drug-likeness (QED) is 0.0221. The molecular formula is C50H42N16O22S4. The molecule has 92 heavy (non-hydrogen) atoms. The fraction of sp³-hybridized carbons (Fsp3) is 0.0400. The maximum atomic E-state index is 12.6. The van der Waals surface area contributed by atoms with Gasteiger partial charge in [-0.15, -0.1) is 10.2 Å². The molecule has 20 N–H and O–H groups in total. The fourth-order valence-corrected chi connectivity index (χ4v) is 10.9. The second-order valence-corrected chi connectivity index (χ2v) is 24.4. The van der Waals surface area contributed by atoms with Crippen molar-refractivity contribution in [2.75, 3.05) is 46.0 Å². The molecule has 2 aromatic heterocycles. The van der Waals surface area contributed by atoms with Crippen molar-refractivity contribution in [1.29, 1.82) is 0 Å². The molecule has 0 aliphatic heterocycles. The Morgan fingerprint density at radius 3 is 0.957 bits per heavy atom. The summed E-state index contributed by atoms with van der Waals surface area (Å²) in [6.07, 6.45) is 0. The van der Waals surface area contributed by atoms with Crippen LogP contribution in [0.5, 0.6) is 11.5 Å². The number of phenolic OH excluding ortho intramolecular Hbond substituents is 2. The van der Waals surface area contributed by atoms with Crippen LogP contribution in [0.15, 0.2) is 137 Å². The number of carboxylic acids is 4. The number of azo groups is 2. The number of nitrogens with one attached hydrogen (secondary N) is 6. The molecule has 0 atom stereocenters. The molecule has 0 aliphatic carbocycles. The number of hydrogen-bond acceptors (Lipinski definition) is 32. The van der Waals surface area contributed by atoms with Gasteiger partial charge in [0.2, 0.25) is 35.7 Å². The Morgan fingerprint density at radius 1 is 0.391 bits per heavy atom. The van der Waals surface area contributed by atoms with Gasteiger partial charge < -0.3 is 89.9 Å². The van der Waals surface area contributed by atoms with Gasteiger partial charge in [-0.3, -0.25) is 9.11 Å². The van der Waals surface area contributed by atoms with Gasteiger partial charge in [0.15, 0.2) is 11.5 Å². The van der Waals surface area contributed by atoms with E-state index in [4.69, 9.17) is 0 Å². The molecule has 0 bridgehead atoms. The Labute approximate surface area is 516 Å². The van der Waals surface area contributed by atoms with Crippen LogP contribution in [-0.2, 0) is 20.2 Å². The Hall–Kier alpha value is -11.2. The summed E-state index contributed by atoms with van der Waals surface area (Å²) in [6, 6.07) is 15.9. The van der Waals surface area contributed by atoms with Gasteiger partial charge in [-0.05, 0) is 108 Å². The molecule has 0 saturated carbocycles. The average molecular weight is 1350 g/mol. The number of carbonyl (C=O) groups is 4. The largest absolute Gasteiger partial charge is 0.505 e. The summed E-state index contributed by atoms with van der Waals surface area (Å²) >= 11 is 0. The first-order valence-electron chi connectivity index (χ1n) is 24.8. The third kappa shape index (κ3) is 14.6. The van der Waals surface area contributed by atoms with E-state index in [2.05, 4.69) is 82.3 Å². The van der Waals surface area contributed by atoms with Crippen molar-refractivity contribution in [1.82, 2.24) is 29.9 Å². The van der Waals surface area contributed by atoms with Crippen molar-refractivity contribution in [3.05, 3.63) is 119 Å². The summed E-state index contributed by atoms with van der Waals surface area (Å²) in [7, 11) is -17.2. The SMILES string of the molecule is CNc1nc(Nc2ccc(Nc3nc(NC)nc(Nc4cc(S(=O)(=O)O)cc5cc(S(O)(O)O)c(N=Nc6cc(C(=O)O)cc(C(=O)O)c6)c(O)c45)n3)cc2)nc(Nc2cc(S(=O)(=O)O)cc3cc(S(O)(O)O)c(N=Nc4cc(C(=O)O)cc(C(=O)O)c4)c(O)c23)n1. The molecule has 0 saturated heterocycles. The third-order valence-corrected chi connectivity index (χ3v) is 15.9. The topological polar surface area (TPSA) is 619 Å². The second-order valence-electron chi connectivity index (χ2n) is 18.6. The van der Waals surface area contributed by atoms with E-state index in [0.29, 0.717) is 0 Å². The lowest BCUT2D eigenvalue weighted by Crippen LogP contribution is -2.09. The number of nitrogens with zero attached hydrogens (tertiary/aromatic N) is 10. The monoisotopic (exact) mass is 1350 g/mol. The lowest BCUT2D eigenvalue weighted by molar-refractivity contribution is 0.0676. The van der Waals surface area contributed by atoms with Gasteiger partial charge in [-0.1, -0.05) is 0 Å². The van der Waals surface area contributed by atoms with E-state index in [1.54, 1.807) is 0 Å². The van der Waals surface area contributed by atoms with E-state index in [1.807, 2.05) is 0 Å². The molecule has 9 aromatic rings. The minimum Gasteiger partial charge on any atom is -0.505 e. The average Bonchev–Trinajstić information content (AvgIpc) is 0.755. The summed E-state index contributed by atoms with van der Waals surface area (Å²) < 4.78 is 133. The van der Waals surface area contributed by atoms with E-state index >= 15 is 0 Å². The molecule has 42 heteroatoms. The van der Waals surface area contributed by atoms with Crippen LogP contribution < -0.4 is 31.9 Å². The molecule has 478 valence electrons. The predicted molar refractivity (Wildman–Crippen MR) is 326 cm³/mol. The molecule has 2 heterocycles. The van der Waals surface area contributed by atoms with Crippen molar-refractivity contribution >= 4 is 169 Å². The van der Waals surface area contributed by atoms with Gasteiger partial charge in [-0.2, -0.15) is 57.0 Å². The van der Waals surface area contributed by atoms with E-state index in [1.165, 1.54) is 38.4 Å². The van der Waals surface area contributed by atoms with Crippen molar-refractivity contribution in [3.63, 3.8) is 0 Å². The summed E-state index contributed by atoms with van der Waals surface area (Å²) in [5.74, 6) is -9.82. The van der Waals surface area contributed by atoms with Crippen LogP contribution in [0.3, 0.4) is 0 Å². The summed E-state index contributed by atoms with van der Waals surface area (Å²) in [4.78, 5) is 69.0. The van der Waals surface area contributed by atoms with Gasteiger partial charge in [0, 0.05) is 36.2 Å². The van der Waals surface area contributed by atoms with Gasteiger partial charge in [0.1, 0.15) is 33.1 Å². The van der Waals surface area contributed by atoms with Crippen LogP contribution in [-0.4, -0.2) is 152 Å². The van der Waals surface area contributed by atoms with Crippen molar-refractivity contribution in [2.45, 2.75) is 19.6 Å². The highest BCUT2D eigenvalue weighted by atomic mass is 32.3. The number of fused-ring (bicyclic) bond motifs is 2. The summed E-state index contributed by atoms with van der Waals surface area (Å²) in [5.41, 5.74) is -5.15. The zero-order valence-electron chi connectivity index (χ0n) is 45.9. The lowest BCUT2D eigenvalue weighted by atomic mass is 10.1. The smallest absolute Gasteiger partial charge is 0.335 e. The van der Waals surface area contributed by atoms with Crippen molar-refractivity contribution < 1.29 is 103 Å². The number of hydrogen-bond donors (Lipinski definition) is 20. The van der Waals surface area contributed by atoms with Gasteiger partial charge in [0.05, 0.1) is 64.6 Å². The molecule has 0 fully saturated rings. The van der Waals surface area contributed by atoms with E-state index in [9.17, 15) is 103 Å². The molecule has 0 spiro atoms. The predicted octanol–water partition coefficient (Wildman–Crippen LogP) is 10.1. The van der Waals surface area contributed by atoms with Crippen LogP contribution in [0.1, 0.15) is 41.4 Å². The zero-order chi connectivity index (χ0) is 67.1. The molecule has 7 aromatic carbocycles. The number of anilines is 10. The van der Waals surface area contributed by atoms with Crippen LogP contribution in [0.25, 0.3) is 21.5 Å². The number of benzene rings is 7. The standard InChI is InChI=1S/C50H42N16O22S4/c1-51-45-57-47(61-49(59-45)55-31-17-29(89(77,78)79)13-19-15-33(91(83,84)85)37(39(67)35(19)31)65-63-27-9-21(41(69)70)7-22(10-27)42(71)72)53-25-3-5-26(6-4-25)54-48-58-46(52-2)60-50(62-48)56-32-18-30(90(80,81)82)14-20-16-34(92(86,87)88)38(40(68)36(20)32)66-64-28-11-23(43(73)74)8-24(12-28)44(75)76/h3-18,67-68,83-88H,1-2H3,(H,69,70)(H,71,72)(H,73,74)(H,75,76)(H,77,78,79)(H,80,81,82)(H3,51,53,55,57,59,61)(H3,52,54,56,58,60,62). The van der Waals surface area contributed by atoms with Crippen molar-refractivity contribution in [3.8, 4) is 11.5 Å². The number of aromatic hydroxyl groups is 2. The van der Waals surface area contributed by atoms with Crippen LogP contribution in [0, 0.1) is 0 Å². The van der Waals surface area contributed by atoms with Gasteiger partial charge >= 0.3 is 23.9 Å². The maximum Gasteiger partial charge on any atom is 0.335 e. The molecule has 9 rings (SSSR count). The number of aromatic carboxylic acids is 4. The number of aromatic nitrogens is 6. The fourth-order valence-electron chi connectivity index (χ4n) is 8.41. The highest BCUT2D eigenvalue weighted by molar-refractivity contribution is 8.19. The van der Waals surface area contributed by atoms with Gasteiger partial charge in [0.25, 0.3) is 20.2 Å². The maximum absolute atomic E-state index is 12.6. The highest BCUT2D eigenvalue weighted by Crippen LogP contribution is 2.57. The second kappa shape index (κ2) is 25.0. The number of phenols is 2. The zero-order valence-corrected chi connectivity index (χ0v) is 49.1. The first kappa shape index (κ1) is 65.3. The first-order chi connectivity index (χ1) is 43.1. The molecule has 0 unspecified atom stereocenters. The molecule has 0 amide bonds. The first-order valence-corrected chi connectivity index (χ1v) is 30.7. The Bertz CT molecular complexity index is 4520. The molecule has 38 nitrogen and oxygen atoms in total. The Morgan fingerprint density at radius 2 is 0.685 bits per heavy atom. The highest BCUT2D eigenvalue weighted by Gasteiger charge is 2.31. The van der Waals surface area contributed by atoms with Crippen LogP contribution in [0.4, 0.5) is 81.2 Å². The lowest BCUT2D eigenvalue weighted by Gasteiger charge is -2.23. The normalized spacial score (nSPS) is 12.5. The number of carboxylic acid groups (broad SMARTS) is 4. The van der Waals surface area contributed by atoms with E-state index < -0.39 is 187 Å². The minimum absolute atomic E-state index is 0.136. The van der Waals surface area contributed by atoms with E-state index in [-0.39, 0.29) is 35.2 Å². The Kier molecular flexibility index (Phi) is 17.8.